The van der Waals surface area contributed by atoms with Crippen LogP contribution in [0, 0.1) is 0 Å². The zero-order valence-electron chi connectivity index (χ0n) is 14.6. The van der Waals surface area contributed by atoms with Gasteiger partial charge >= 0.3 is 6.03 Å². The van der Waals surface area contributed by atoms with E-state index >= 15 is 0 Å². The van der Waals surface area contributed by atoms with Gasteiger partial charge in [-0.3, -0.25) is 19.9 Å². The van der Waals surface area contributed by atoms with E-state index in [1.54, 1.807) is 47.6 Å². The van der Waals surface area contributed by atoms with Crippen molar-refractivity contribution in [2.45, 2.75) is 32.0 Å². The summed E-state index contributed by atoms with van der Waals surface area (Å²) in [6.07, 6.45) is 3.65. The van der Waals surface area contributed by atoms with Gasteiger partial charge in [0.15, 0.2) is 0 Å². The Morgan fingerprint density at radius 1 is 1.15 bits per heavy atom. The lowest BCUT2D eigenvalue weighted by Crippen LogP contribution is -2.49. The average Bonchev–Trinajstić information content (AvgIpc) is 2.83. The molecule has 1 unspecified atom stereocenters. The van der Waals surface area contributed by atoms with Crippen LogP contribution < -0.4 is 10.6 Å². The average molecular weight is 368 g/mol. The van der Waals surface area contributed by atoms with Crippen molar-refractivity contribution in [2.75, 3.05) is 0 Å². The molecule has 2 aromatic rings. The van der Waals surface area contributed by atoms with E-state index in [1.165, 1.54) is 0 Å². The number of hydrogen-bond acceptors (Lipinski definition) is 5. The van der Waals surface area contributed by atoms with Crippen LogP contribution in [0.2, 0.25) is 0 Å². The first kappa shape index (κ1) is 18.4. The van der Waals surface area contributed by atoms with Gasteiger partial charge in [-0.05, 0) is 35.7 Å². The van der Waals surface area contributed by atoms with E-state index in [-0.39, 0.29) is 24.5 Å². The Hall–Kier alpha value is -3.42. The Morgan fingerprint density at radius 3 is 2.59 bits per heavy atom. The molecule has 3 N–H and O–H groups in total. The van der Waals surface area contributed by atoms with Crippen molar-refractivity contribution < 1.29 is 19.5 Å². The normalized spacial score (nSPS) is 16.8. The van der Waals surface area contributed by atoms with Crippen molar-refractivity contribution in [3.05, 3.63) is 59.9 Å². The highest BCUT2D eigenvalue weighted by molar-refractivity contribution is 5.98. The molecule has 1 fully saturated rings. The Kier molecular flexibility index (Phi) is 5.65. The highest BCUT2D eigenvalue weighted by Crippen LogP contribution is 2.16. The van der Waals surface area contributed by atoms with Crippen molar-refractivity contribution in [1.29, 1.82) is 0 Å². The quantitative estimate of drug-likeness (QED) is 0.737. The standard InChI is InChI=1S/C19H20N4O4/c24-15-5-3-13(4-6-15)11-23(12-14-2-1-9-20-10-14)18(26)16-7-8-17(25)22-19(27)21-16/h1-6,9-10,16,24H,7-8,11-12H2,(H2,21,22,25,27). The number of hydrogen-bond donors (Lipinski definition) is 3. The maximum Gasteiger partial charge on any atom is 0.322 e. The highest BCUT2D eigenvalue weighted by Gasteiger charge is 2.29. The van der Waals surface area contributed by atoms with Crippen LogP contribution in [0.15, 0.2) is 48.8 Å². The van der Waals surface area contributed by atoms with E-state index in [1.807, 2.05) is 6.07 Å². The number of imide groups is 1. The molecular weight excluding hydrogens is 348 g/mol. The van der Waals surface area contributed by atoms with Gasteiger partial charge in [0, 0.05) is 31.9 Å². The number of aromatic nitrogens is 1. The second-order valence-corrected chi connectivity index (χ2v) is 6.33. The molecule has 1 aliphatic heterocycles. The van der Waals surface area contributed by atoms with Crippen LogP contribution in [0.3, 0.4) is 0 Å². The molecule has 0 radical (unpaired) electrons. The van der Waals surface area contributed by atoms with Crippen LogP contribution in [0.1, 0.15) is 24.0 Å². The van der Waals surface area contributed by atoms with E-state index in [0.29, 0.717) is 13.1 Å². The topological polar surface area (TPSA) is 112 Å². The molecule has 27 heavy (non-hydrogen) atoms. The predicted molar refractivity (Wildman–Crippen MR) is 96.3 cm³/mol. The molecule has 0 aliphatic carbocycles. The number of carbonyl (C=O) groups excluding carboxylic acids is 3. The van der Waals surface area contributed by atoms with Crippen molar-refractivity contribution in [2.24, 2.45) is 0 Å². The van der Waals surface area contributed by atoms with Crippen LogP contribution >= 0.6 is 0 Å². The summed E-state index contributed by atoms with van der Waals surface area (Å²) in [5, 5.41) is 14.2. The smallest absolute Gasteiger partial charge is 0.322 e. The molecular formula is C19H20N4O4. The molecule has 140 valence electrons. The van der Waals surface area contributed by atoms with E-state index in [9.17, 15) is 19.5 Å². The number of benzene rings is 1. The van der Waals surface area contributed by atoms with Gasteiger partial charge in [-0.15, -0.1) is 0 Å². The summed E-state index contributed by atoms with van der Waals surface area (Å²) in [5.41, 5.74) is 1.68. The van der Waals surface area contributed by atoms with Gasteiger partial charge in [-0.1, -0.05) is 18.2 Å². The number of phenolic OH excluding ortho intramolecular Hbond substituents is 1. The van der Waals surface area contributed by atoms with E-state index in [2.05, 4.69) is 15.6 Å². The largest absolute Gasteiger partial charge is 0.508 e. The molecule has 1 saturated heterocycles. The third-order valence-corrected chi connectivity index (χ3v) is 4.23. The molecule has 1 aromatic heterocycles. The van der Waals surface area contributed by atoms with Crippen LogP contribution in [-0.4, -0.2) is 38.9 Å². The van der Waals surface area contributed by atoms with Crippen molar-refractivity contribution in [3.63, 3.8) is 0 Å². The summed E-state index contributed by atoms with van der Waals surface area (Å²) in [7, 11) is 0. The molecule has 3 rings (SSSR count). The lowest BCUT2D eigenvalue weighted by molar-refractivity contribution is -0.134. The zero-order chi connectivity index (χ0) is 19.2. The van der Waals surface area contributed by atoms with Crippen molar-refractivity contribution in [1.82, 2.24) is 20.5 Å². The van der Waals surface area contributed by atoms with E-state index in [4.69, 9.17) is 0 Å². The summed E-state index contributed by atoms with van der Waals surface area (Å²) in [4.78, 5) is 42.0. The third-order valence-electron chi connectivity index (χ3n) is 4.23. The minimum absolute atomic E-state index is 0.0923. The fraction of sp³-hybridized carbons (Fsp3) is 0.263. The first-order valence-corrected chi connectivity index (χ1v) is 8.57. The van der Waals surface area contributed by atoms with E-state index in [0.717, 1.165) is 11.1 Å². The van der Waals surface area contributed by atoms with Crippen LogP contribution in [-0.2, 0) is 22.7 Å². The maximum atomic E-state index is 13.1. The lowest BCUT2D eigenvalue weighted by atomic mass is 10.1. The summed E-state index contributed by atoms with van der Waals surface area (Å²) in [6, 6.07) is 8.77. The first-order chi connectivity index (χ1) is 13.0. The van der Waals surface area contributed by atoms with Gasteiger partial charge in [0.05, 0.1) is 0 Å². The molecule has 8 nitrogen and oxygen atoms in total. The fourth-order valence-electron chi connectivity index (χ4n) is 2.88. The number of phenols is 1. The molecule has 1 aromatic carbocycles. The van der Waals surface area contributed by atoms with Crippen LogP contribution in [0.5, 0.6) is 5.75 Å². The minimum Gasteiger partial charge on any atom is -0.508 e. The zero-order valence-corrected chi connectivity index (χ0v) is 14.6. The van der Waals surface area contributed by atoms with Gasteiger partial charge in [-0.2, -0.15) is 0 Å². The molecule has 4 amide bonds. The number of amides is 4. The molecule has 1 aliphatic rings. The van der Waals surface area contributed by atoms with Gasteiger partial charge in [0.1, 0.15) is 11.8 Å². The Balaban J connectivity index is 1.81. The molecule has 0 spiro atoms. The highest BCUT2D eigenvalue weighted by atomic mass is 16.3. The first-order valence-electron chi connectivity index (χ1n) is 8.57. The number of rotatable bonds is 5. The second-order valence-electron chi connectivity index (χ2n) is 6.33. The second kappa shape index (κ2) is 8.31. The Labute approximate surface area is 156 Å². The number of pyridine rings is 1. The number of carbonyl (C=O) groups is 3. The number of urea groups is 1. The van der Waals surface area contributed by atoms with Crippen LogP contribution in [0.4, 0.5) is 4.79 Å². The summed E-state index contributed by atoms with van der Waals surface area (Å²) < 4.78 is 0. The van der Waals surface area contributed by atoms with Crippen molar-refractivity contribution in [3.8, 4) is 5.75 Å². The SMILES string of the molecule is O=C1CCC(C(=O)N(Cc2ccc(O)cc2)Cc2cccnc2)NC(=O)N1. The van der Waals surface area contributed by atoms with Gasteiger partial charge in [0.2, 0.25) is 11.8 Å². The number of nitrogens with zero attached hydrogens (tertiary/aromatic N) is 2. The Morgan fingerprint density at radius 2 is 1.89 bits per heavy atom. The van der Waals surface area contributed by atoms with E-state index < -0.39 is 18.0 Å². The lowest BCUT2D eigenvalue weighted by Gasteiger charge is -2.27. The predicted octanol–water partition coefficient (Wildman–Crippen LogP) is 1.30. The summed E-state index contributed by atoms with van der Waals surface area (Å²) >= 11 is 0. The monoisotopic (exact) mass is 368 g/mol. The Bertz CT molecular complexity index is 823. The minimum atomic E-state index is -0.787. The molecule has 1 atom stereocenters. The summed E-state index contributed by atoms with van der Waals surface area (Å²) in [6.45, 7) is 0.600. The molecule has 0 saturated carbocycles. The number of nitrogens with one attached hydrogen (secondary N) is 2. The molecule has 0 bridgehead atoms. The number of aromatic hydroxyl groups is 1. The molecule has 2 heterocycles. The fourth-order valence-corrected chi connectivity index (χ4v) is 2.88. The van der Waals surface area contributed by atoms with Crippen LogP contribution in [0.25, 0.3) is 0 Å². The third kappa shape index (κ3) is 5.04. The van der Waals surface area contributed by atoms with Gasteiger partial charge in [0.25, 0.3) is 0 Å². The molecule has 8 heteroatoms. The van der Waals surface area contributed by atoms with Gasteiger partial charge in [-0.25, -0.2) is 4.79 Å². The van der Waals surface area contributed by atoms with Gasteiger partial charge < -0.3 is 15.3 Å². The van der Waals surface area contributed by atoms with Crippen molar-refractivity contribution >= 4 is 17.8 Å². The maximum absolute atomic E-state index is 13.1. The summed E-state index contributed by atoms with van der Waals surface area (Å²) in [5.74, 6) is -0.540.